The Morgan fingerprint density at radius 2 is 1.79 bits per heavy atom. The summed E-state index contributed by atoms with van der Waals surface area (Å²) in [6.07, 6.45) is 0.852. The lowest BCUT2D eigenvalue weighted by Gasteiger charge is -2.29. The van der Waals surface area contributed by atoms with Gasteiger partial charge in [0.05, 0.1) is 22.1 Å². The number of benzene rings is 2. The van der Waals surface area contributed by atoms with E-state index in [0.29, 0.717) is 42.9 Å². The average molecular weight is 486 g/mol. The summed E-state index contributed by atoms with van der Waals surface area (Å²) in [7, 11) is 0. The number of aromatic nitrogens is 1. The minimum absolute atomic E-state index is 0.180. The van der Waals surface area contributed by atoms with E-state index in [1.165, 1.54) is 23.1 Å². The van der Waals surface area contributed by atoms with Crippen LogP contribution in [0.15, 0.2) is 46.8 Å². The molecule has 2 heterocycles. The normalized spacial score (nSPS) is 14.3. The van der Waals surface area contributed by atoms with Crippen LogP contribution in [-0.4, -0.2) is 57.8 Å². The van der Waals surface area contributed by atoms with E-state index in [9.17, 15) is 19.5 Å². The minimum Gasteiger partial charge on any atom is -0.393 e. The van der Waals surface area contributed by atoms with Crippen molar-refractivity contribution in [1.29, 1.82) is 0 Å². The van der Waals surface area contributed by atoms with Crippen LogP contribution in [0.3, 0.4) is 0 Å². The number of thiazole rings is 1. The Kier molecular flexibility index (Phi) is 7.11. The van der Waals surface area contributed by atoms with Crippen molar-refractivity contribution in [1.82, 2.24) is 9.88 Å². The van der Waals surface area contributed by atoms with Gasteiger partial charge in [0.25, 0.3) is 0 Å². The Morgan fingerprint density at radius 3 is 2.48 bits per heavy atom. The first-order valence-electron chi connectivity index (χ1n) is 10.3. The first-order valence-corrected chi connectivity index (χ1v) is 12.1. The van der Waals surface area contributed by atoms with Crippen LogP contribution in [0.1, 0.15) is 23.2 Å². The van der Waals surface area contributed by atoms with Crippen LogP contribution in [0.4, 0.5) is 16.2 Å². The van der Waals surface area contributed by atoms with Gasteiger partial charge >= 0.3 is 6.03 Å². The molecule has 0 radical (unpaired) electrons. The van der Waals surface area contributed by atoms with Gasteiger partial charge in [-0.1, -0.05) is 11.8 Å². The standard InChI is InChI=1S/C22H23N5O4S2/c23-20(30)13-1-3-14(4-2-13)24-19(29)12-32-22-26-17-6-5-15(11-18(17)33-22)25-21(31)27-9-7-16(28)8-10-27/h1-6,11,16,28H,7-10,12H2,(H2,23,30)(H,24,29)(H,25,31). The number of carbonyl (C=O) groups excluding carboxylic acids is 3. The van der Waals surface area contributed by atoms with Crippen molar-refractivity contribution in [3.05, 3.63) is 48.0 Å². The van der Waals surface area contributed by atoms with Crippen molar-refractivity contribution in [2.75, 3.05) is 29.5 Å². The van der Waals surface area contributed by atoms with Crippen LogP contribution in [-0.2, 0) is 4.79 Å². The maximum atomic E-state index is 12.4. The number of hydrogen-bond acceptors (Lipinski definition) is 7. The van der Waals surface area contributed by atoms with Crippen molar-refractivity contribution in [3.8, 4) is 0 Å². The Balaban J connectivity index is 1.32. The predicted molar refractivity (Wildman–Crippen MR) is 130 cm³/mol. The third kappa shape index (κ3) is 6.01. The lowest BCUT2D eigenvalue weighted by atomic mass is 10.1. The van der Waals surface area contributed by atoms with Crippen LogP contribution in [0.5, 0.6) is 0 Å². The van der Waals surface area contributed by atoms with E-state index in [0.717, 1.165) is 14.6 Å². The molecule has 0 unspecified atom stereocenters. The van der Waals surface area contributed by atoms with E-state index in [2.05, 4.69) is 15.6 Å². The molecule has 1 fully saturated rings. The number of likely N-dealkylation sites (tertiary alicyclic amines) is 1. The summed E-state index contributed by atoms with van der Waals surface area (Å²) in [5.74, 6) is -0.527. The Bertz CT molecular complexity index is 1170. The molecular formula is C22H23N5O4S2. The highest BCUT2D eigenvalue weighted by atomic mass is 32.2. The third-order valence-electron chi connectivity index (χ3n) is 5.15. The number of hydrogen-bond donors (Lipinski definition) is 4. The number of amides is 4. The van der Waals surface area contributed by atoms with Gasteiger partial charge in [0.2, 0.25) is 11.8 Å². The van der Waals surface area contributed by atoms with Crippen molar-refractivity contribution in [3.63, 3.8) is 0 Å². The van der Waals surface area contributed by atoms with Gasteiger partial charge in [-0.3, -0.25) is 9.59 Å². The molecule has 172 valence electrons. The number of primary amides is 1. The summed E-state index contributed by atoms with van der Waals surface area (Å²) in [5.41, 5.74) is 7.65. The second-order valence-corrected chi connectivity index (χ2v) is 9.84. The van der Waals surface area contributed by atoms with Gasteiger partial charge in [0.15, 0.2) is 4.34 Å². The molecule has 2 aromatic carbocycles. The number of urea groups is 1. The SMILES string of the molecule is NC(=O)c1ccc(NC(=O)CSc2nc3ccc(NC(=O)N4CCC(O)CC4)cc3s2)cc1. The van der Waals surface area contributed by atoms with Gasteiger partial charge in [0, 0.05) is 30.0 Å². The highest BCUT2D eigenvalue weighted by Crippen LogP contribution is 2.31. The topological polar surface area (TPSA) is 138 Å². The molecule has 9 nitrogen and oxygen atoms in total. The molecule has 3 aromatic rings. The first-order chi connectivity index (χ1) is 15.9. The van der Waals surface area contributed by atoms with Crippen molar-refractivity contribution in [2.24, 2.45) is 5.73 Å². The van der Waals surface area contributed by atoms with Crippen LogP contribution < -0.4 is 16.4 Å². The van der Waals surface area contributed by atoms with Crippen LogP contribution >= 0.6 is 23.1 Å². The van der Waals surface area contributed by atoms with Gasteiger partial charge in [-0.05, 0) is 55.3 Å². The average Bonchev–Trinajstić information content (AvgIpc) is 3.21. The number of thioether (sulfide) groups is 1. The lowest BCUT2D eigenvalue weighted by molar-refractivity contribution is -0.113. The maximum absolute atomic E-state index is 12.4. The van der Waals surface area contributed by atoms with E-state index in [1.807, 2.05) is 12.1 Å². The second-order valence-electron chi connectivity index (χ2n) is 7.59. The Morgan fingerprint density at radius 1 is 1.09 bits per heavy atom. The molecule has 11 heteroatoms. The highest BCUT2D eigenvalue weighted by molar-refractivity contribution is 8.01. The molecule has 0 aliphatic carbocycles. The van der Waals surface area contributed by atoms with Crippen molar-refractivity contribution < 1.29 is 19.5 Å². The predicted octanol–water partition coefficient (Wildman–Crippen LogP) is 3.11. The maximum Gasteiger partial charge on any atom is 0.321 e. The van der Waals surface area contributed by atoms with Gasteiger partial charge in [0.1, 0.15) is 0 Å². The van der Waals surface area contributed by atoms with Gasteiger partial charge in [-0.15, -0.1) is 11.3 Å². The number of nitrogens with two attached hydrogens (primary N) is 1. The van der Waals surface area contributed by atoms with Crippen LogP contribution in [0.25, 0.3) is 10.2 Å². The monoisotopic (exact) mass is 485 g/mol. The molecule has 1 aromatic heterocycles. The van der Waals surface area contributed by atoms with E-state index in [-0.39, 0.29) is 23.8 Å². The van der Waals surface area contributed by atoms with Crippen molar-refractivity contribution >= 4 is 62.5 Å². The molecule has 1 saturated heterocycles. The largest absolute Gasteiger partial charge is 0.393 e. The van der Waals surface area contributed by atoms with Gasteiger partial charge in [-0.25, -0.2) is 9.78 Å². The van der Waals surface area contributed by atoms with E-state index in [4.69, 9.17) is 5.73 Å². The molecule has 1 aliphatic rings. The van der Waals surface area contributed by atoms with E-state index >= 15 is 0 Å². The number of aliphatic hydroxyl groups excluding tert-OH is 1. The summed E-state index contributed by atoms with van der Waals surface area (Å²) in [5, 5.41) is 15.3. The second kappa shape index (κ2) is 10.2. The molecule has 1 aliphatic heterocycles. The first kappa shape index (κ1) is 23.0. The Hall–Kier alpha value is -3.15. The smallest absolute Gasteiger partial charge is 0.321 e. The number of carbonyl (C=O) groups is 3. The zero-order valence-electron chi connectivity index (χ0n) is 17.6. The molecule has 33 heavy (non-hydrogen) atoms. The van der Waals surface area contributed by atoms with Crippen LogP contribution in [0, 0.1) is 0 Å². The molecule has 0 saturated carbocycles. The number of nitrogens with zero attached hydrogens (tertiary/aromatic N) is 2. The molecule has 0 bridgehead atoms. The molecule has 0 atom stereocenters. The lowest BCUT2D eigenvalue weighted by Crippen LogP contribution is -2.42. The summed E-state index contributed by atoms with van der Waals surface area (Å²) >= 11 is 2.78. The third-order valence-corrected chi connectivity index (χ3v) is 7.31. The fourth-order valence-electron chi connectivity index (χ4n) is 3.36. The van der Waals surface area contributed by atoms with E-state index < -0.39 is 5.91 Å². The number of nitrogens with one attached hydrogen (secondary N) is 2. The van der Waals surface area contributed by atoms with Crippen molar-refractivity contribution in [2.45, 2.75) is 23.3 Å². The van der Waals surface area contributed by atoms with E-state index in [1.54, 1.807) is 35.2 Å². The number of rotatable bonds is 6. The number of fused-ring (bicyclic) bond motifs is 1. The fourth-order valence-corrected chi connectivity index (χ4v) is 5.26. The van der Waals surface area contributed by atoms with Gasteiger partial charge in [-0.2, -0.15) is 0 Å². The number of anilines is 2. The molecule has 0 spiro atoms. The summed E-state index contributed by atoms with van der Waals surface area (Å²) in [4.78, 5) is 42.1. The molecule has 4 amide bonds. The fraction of sp³-hybridized carbons (Fsp3) is 0.273. The van der Waals surface area contributed by atoms with Crippen LogP contribution in [0.2, 0.25) is 0 Å². The summed E-state index contributed by atoms with van der Waals surface area (Å²) in [6, 6.07) is 11.7. The Labute approximate surface area is 198 Å². The highest BCUT2D eigenvalue weighted by Gasteiger charge is 2.21. The summed E-state index contributed by atoms with van der Waals surface area (Å²) in [6.45, 7) is 1.07. The molecular weight excluding hydrogens is 462 g/mol. The van der Waals surface area contributed by atoms with Gasteiger partial charge < -0.3 is 26.4 Å². The minimum atomic E-state index is -0.520. The summed E-state index contributed by atoms with van der Waals surface area (Å²) < 4.78 is 1.66. The molecule has 5 N–H and O–H groups in total. The number of piperidine rings is 1. The molecule has 4 rings (SSSR count). The number of aliphatic hydroxyl groups is 1. The quantitative estimate of drug-likeness (QED) is 0.396. The zero-order valence-corrected chi connectivity index (χ0v) is 19.2. The zero-order chi connectivity index (χ0) is 23.4.